The van der Waals surface area contributed by atoms with Crippen LogP contribution in [0.5, 0.6) is 0 Å². The second-order valence-corrected chi connectivity index (χ2v) is 5.56. The van der Waals surface area contributed by atoms with Crippen molar-refractivity contribution in [2.24, 2.45) is 0 Å². The Labute approximate surface area is 114 Å². The third-order valence-electron chi connectivity index (χ3n) is 3.51. The smallest absolute Gasteiger partial charge is 0.137 e. The summed E-state index contributed by atoms with van der Waals surface area (Å²) < 4.78 is 0. The third-order valence-corrected chi connectivity index (χ3v) is 3.51. The predicted octanol–water partition coefficient (Wildman–Crippen LogP) is 0.177. The van der Waals surface area contributed by atoms with Crippen LogP contribution in [-0.4, -0.2) is 59.3 Å². The Kier molecular flexibility index (Phi) is 3.91. The normalized spacial score (nSPS) is 23.4. The van der Waals surface area contributed by atoms with Crippen molar-refractivity contribution in [1.29, 1.82) is 0 Å². The monoisotopic (exact) mass is 265 g/mol. The van der Waals surface area contributed by atoms with Gasteiger partial charge in [0.05, 0.1) is 6.10 Å². The number of aryl methyl sites for hydroxylation is 1. The number of rotatable bonds is 3. The third kappa shape index (κ3) is 2.96. The number of nitrogens with two attached hydrogens (primary N) is 1. The van der Waals surface area contributed by atoms with Crippen LogP contribution < -0.4 is 10.6 Å². The quantitative estimate of drug-likeness (QED) is 0.811. The minimum atomic E-state index is -0.305. The van der Waals surface area contributed by atoms with Crippen LogP contribution >= 0.6 is 0 Å². The van der Waals surface area contributed by atoms with Crippen LogP contribution in [0.4, 0.5) is 11.6 Å². The van der Waals surface area contributed by atoms with Crippen LogP contribution in [0, 0.1) is 13.8 Å². The lowest BCUT2D eigenvalue weighted by molar-refractivity contribution is 0.191. The summed E-state index contributed by atoms with van der Waals surface area (Å²) in [4.78, 5) is 13.0. The largest absolute Gasteiger partial charge is 0.391 e. The first-order valence-electron chi connectivity index (χ1n) is 6.58. The number of aliphatic hydroxyl groups excluding tert-OH is 1. The van der Waals surface area contributed by atoms with Gasteiger partial charge in [-0.05, 0) is 34.4 Å². The van der Waals surface area contributed by atoms with Crippen molar-refractivity contribution in [3.8, 4) is 0 Å². The molecule has 19 heavy (non-hydrogen) atoms. The average molecular weight is 265 g/mol. The Morgan fingerprint density at radius 1 is 1.37 bits per heavy atom. The molecule has 2 unspecified atom stereocenters. The van der Waals surface area contributed by atoms with E-state index in [0.29, 0.717) is 18.2 Å². The van der Waals surface area contributed by atoms with E-state index in [1.807, 2.05) is 27.9 Å². The van der Waals surface area contributed by atoms with Gasteiger partial charge in [0.15, 0.2) is 0 Å². The van der Waals surface area contributed by atoms with Crippen molar-refractivity contribution >= 4 is 11.6 Å². The number of hydrogen-bond donors (Lipinski definition) is 2. The molecule has 2 atom stereocenters. The molecule has 1 aromatic heterocycles. The molecular weight excluding hydrogens is 242 g/mol. The molecule has 0 aromatic carbocycles. The van der Waals surface area contributed by atoms with E-state index >= 15 is 0 Å². The second kappa shape index (κ2) is 5.30. The van der Waals surface area contributed by atoms with Gasteiger partial charge in [-0.15, -0.1) is 0 Å². The highest BCUT2D eigenvalue weighted by atomic mass is 16.3. The van der Waals surface area contributed by atoms with Gasteiger partial charge in [-0.2, -0.15) is 0 Å². The molecule has 0 aliphatic carbocycles. The van der Waals surface area contributed by atoms with Crippen LogP contribution in [-0.2, 0) is 0 Å². The average Bonchev–Trinajstić information content (AvgIpc) is 2.63. The number of aromatic nitrogens is 2. The molecule has 2 rings (SSSR count). The van der Waals surface area contributed by atoms with Crippen molar-refractivity contribution < 1.29 is 5.11 Å². The van der Waals surface area contributed by atoms with Gasteiger partial charge >= 0.3 is 0 Å². The van der Waals surface area contributed by atoms with Gasteiger partial charge in [0.25, 0.3) is 0 Å². The number of nitrogens with zero attached hydrogens (tertiary/aromatic N) is 4. The molecule has 2 heterocycles. The van der Waals surface area contributed by atoms with Crippen molar-refractivity contribution in [2.45, 2.75) is 32.4 Å². The van der Waals surface area contributed by atoms with Crippen molar-refractivity contribution in [3.05, 3.63) is 11.4 Å². The highest BCUT2D eigenvalue weighted by Gasteiger charge is 2.33. The fourth-order valence-corrected chi connectivity index (χ4v) is 2.66. The Balaban J connectivity index is 2.33. The van der Waals surface area contributed by atoms with Gasteiger partial charge in [0.2, 0.25) is 0 Å². The Morgan fingerprint density at radius 2 is 2.05 bits per heavy atom. The molecule has 1 aliphatic heterocycles. The SMILES string of the molecule is Cc1nc(N)c(C)c(N2CC(O)CC2CN(C)C)n1. The topological polar surface area (TPSA) is 78.5 Å². The summed E-state index contributed by atoms with van der Waals surface area (Å²) in [5.41, 5.74) is 6.81. The maximum Gasteiger partial charge on any atom is 0.137 e. The first-order chi connectivity index (χ1) is 8.88. The molecule has 0 bridgehead atoms. The van der Waals surface area contributed by atoms with Crippen LogP contribution in [0.2, 0.25) is 0 Å². The fraction of sp³-hybridized carbons (Fsp3) is 0.692. The summed E-state index contributed by atoms with van der Waals surface area (Å²) in [6.07, 6.45) is 0.460. The standard InChI is InChI=1S/C13H23N5O/c1-8-12(14)15-9(2)16-13(8)18-7-11(19)5-10(18)6-17(3)4/h10-11,19H,5-7H2,1-4H3,(H2,14,15,16). The first kappa shape index (κ1) is 14.0. The zero-order chi connectivity index (χ0) is 14.2. The van der Waals surface area contributed by atoms with Crippen LogP contribution in [0.15, 0.2) is 0 Å². The van der Waals surface area contributed by atoms with Crippen molar-refractivity contribution in [3.63, 3.8) is 0 Å². The molecule has 0 amide bonds. The fourth-order valence-electron chi connectivity index (χ4n) is 2.66. The summed E-state index contributed by atoms with van der Waals surface area (Å²) in [6.45, 7) is 5.27. The molecule has 6 heteroatoms. The lowest BCUT2D eigenvalue weighted by Gasteiger charge is -2.29. The first-order valence-corrected chi connectivity index (χ1v) is 6.58. The molecule has 3 N–H and O–H groups in total. The molecule has 0 saturated carbocycles. The maximum absolute atomic E-state index is 9.94. The van der Waals surface area contributed by atoms with Crippen LogP contribution in [0.3, 0.4) is 0 Å². The van der Waals surface area contributed by atoms with Gasteiger partial charge < -0.3 is 20.6 Å². The minimum Gasteiger partial charge on any atom is -0.391 e. The van der Waals surface area contributed by atoms with Gasteiger partial charge in [-0.25, -0.2) is 9.97 Å². The van der Waals surface area contributed by atoms with Gasteiger partial charge in [-0.3, -0.25) is 0 Å². The second-order valence-electron chi connectivity index (χ2n) is 5.56. The molecule has 0 radical (unpaired) electrons. The predicted molar refractivity (Wildman–Crippen MR) is 76.2 cm³/mol. The molecule has 1 aromatic rings. The van der Waals surface area contributed by atoms with E-state index in [1.165, 1.54) is 0 Å². The Hall–Kier alpha value is -1.40. The van der Waals surface area contributed by atoms with E-state index in [1.54, 1.807) is 0 Å². The number of hydrogen-bond acceptors (Lipinski definition) is 6. The molecular formula is C13H23N5O. The van der Waals surface area contributed by atoms with Crippen molar-refractivity contribution in [2.75, 3.05) is 37.8 Å². The van der Waals surface area contributed by atoms with E-state index in [-0.39, 0.29) is 12.1 Å². The summed E-state index contributed by atoms with van der Waals surface area (Å²) >= 11 is 0. The lowest BCUT2D eigenvalue weighted by Crippen LogP contribution is -2.38. The summed E-state index contributed by atoms with van der Waals surface area (Å²) in [6, 6.07) is 0.261. The van der Waals surface area contributed by atoms with E-state index in [9.17, 15) is 5.11 Å². The number of β-amino-alcohol motifs (C(OH)–C–C–N with tert-alkyl or cyclic N) is 1. The highest BCUT2D eigenvalue weighted by molar-refractivity contribution is 5.57. The van der Waals surface area contributed by atoms with Gasteiger partial charge in [0, 0.05) is 24.7 Å². The summed E-state index contributed by atoms with van der Waals surface area (Å²) in [5, 5.41) is 9.94. The number of anilines is 2. The molecule has 1 fully saturated rings. The Bertz CT molecular complexity index is 463. The molecule has 1 saturated heterocycles. The van der Waals surface area contributed by atoms with E-state index in [2.05, 4.69) is 19.8 Å². The highest BCUT2D eigenvalue weighted by Crippen LogP contribution is 2.29. The lowest BCUT2D eigenvalue weighted by atomic mass is 10.2. The van der Waals surface area contributed by atoms with E-state index in [0.717, 1.165) is 24.3 Å². The molecule has 6 nitrogen and oxygen atoms in total. The Morgan fingerprint density at radius 3 is 2.68 bits per heavy atom. The number of aliphatic hydroxyl groups is 1. The van der Waals surface area contributed by atoms with Crippen LogP contribution in [0.1, 0.15) is 17.8 Å². The maximum atomic E-state index is 9.94. The minimum absolute atomic E-state index is 0.261. The van der Waals surface area contributed by atoms with Gasteiger partial charge in [-0.1, -0.05) is 0 Å². The van der Waals surface area contributed by atoms with Crippen LogP contribution in [0.25, 0.3) is 0 Å². The summed E-state index contributed by atoms with van der Waals surface area (Å²) in [5.74, 6) is 2.05. The zero-order valence-electron chi connectivity index (χ0n) is 12.1. The number of likely N-dealkylation sites (N-methyl/N-ethyl adjacent to an activating group) is 1. The molecule has 1 aliphatic rings. The van der Waals surface area contributed by atoms with E-state index < -0.39 is 0 Å². The van der Waals surface area contributed by atoms with Crippen molar-refractivity contribution in [1.82, 2.24) is 14.9 Å². The zero-order valence-corrected chi connectivity index (χ0v) is 12.1. The number of nitrogen functional groups attached to an aromatic ring is 1. The summed E-state index contributed by atoms with van der Waals surface area (Å²) in [7, 11) is 4.07. The van der Waals surface area contributed by atoms with E-state index in [4.69, 9.17) is 5.73 Å². The molecule has 0 spiro atoms. The molecule has 106 valence electrons. The van der Waals surface area contributed by atoms with Gasteiger partial charge in [0.1, 0.15) is 17.5 Å².